The van der Waals surface area contributed by atoms with Crippen molar-refractivity contribution in [2.45, 2.75) is 6.04 Å². The maximum absolute atomic E-state index is 13.7. The number of carbonyl (C=O) groups is 2. The number of amides is 2. The van der Waals surface area contributed by atoms with Gasteiger partial charge in [-0.3, -0.25) is 9.59 Å². The quantitative estimate of drug-likeness (QED) is 0.709. The summed E-state index contributed by atoms with van der Waals surface area (Å²) in [7, 11) is 0. The molecule has 1 saturated heterocycles. The second kappa shape index (κ2) is 6.41. The van der Waals surface area contributed by atoms with Crippen LogP contribution in [0.25, 0.3) is 0 Å². The summed E-state index contributed by atoms with van der Waals surface area (Å²) in [5.74, 6) is 4.17. The molecular weight excluding hydrogens is 283 g/mol. The van der Waals surface area contributed by atoms with Gasteiger partial charge in [-0.25, -0.2) is 4.39 Å². The number of hydrogen-bond donors (Lipinski definition) is 3. The van der Waals surface area contributed by atoms with Crippen LogP contribution in [-0.2, 0) is 4.79 Å². The van der Waals surface area contributed by atoms with Crippen molar-refractivity contribution in [2.75, 3.05) is 17.7 Å². The van der Waals surface area contributed by atoms with Crippen LogP contribution in [0.1, 0.15) is 5.56 Å². The molecule has 0 aromatic heterocycles. The Bertz CT molecular complexity index is 609. The summed E-state index contributed by atoms with van der Waals surface area (Å²) in [4.78, 5) is 22.8. The van der Waals surface area contributed by atoms with E-state index in [9.17, 15) is 14.0 Å². The Morgan fingerprint density at radius 3 is 3.00 bits per heavy atom. The van der Waals surface area contributed by atoms with Gasteiger partial charge in [0.1, 0.15) is 18.5 Å². The highest BCUT2D eigenvalue weighted by Crippen LogP contribution is 2.17. The van der Waals surface area contributed by atoms with Crippen molar-refractivity contribution in [3.05, 3.63) is 29.6 Å². The summed E-state index contributed by atoms with van der Waals surface area (Å²) in [5, 5.41) is 13.3. The van der Waals surface area contributed by atoms with E-state index >= 15 is 0 Å². The summed E-state index contributed by atoms with van der Waals surface area (Å²) in [6.45, 7) is -0.350. The highest BCUT2D eigenvalue weighted by Gasteiger charge is 2.27. The van der Waals surface area contributed by atoms with Crippen LogP contribution in [0, 0.1) is 17.7 Å². The second-order valence-electron chi connectivity index (χ2n) is 3.94. The lowest BCUT2D eigenvalue weighted by molar-refractivity contribution is -0.117. The largest absolute Gasteiger partial charge is 0.384 e. The molecule has 3 N–H and O–H groups in total. The van der Waals surface area contributed by atoms with E-state index < -0.39 is 17.8 Å². The third kappa shape index (κ3) is 3.50. The minimum atomic E-state index is -0.607. The average molecular weight is 294 g/mol. The summed E-state index contributed by atoms with van der Waals surface area (Å²) in [5.41, 5.74) is 0.426. The van der Waals surface area contributed by atoms with Gasteiger partial charge in [0.15, 0.2) is 0 Å². The molecule has 1 aliphatic heterocycles. The van der Waals surface area contributed by atoms with Crippen molar-refractivity contribution in [1.29, 1.82) is 0 Å². The first-order chi connectivity index (χ1) is 9.60. The highest BCUT2D eigenvalue weighted by molar-refractivity contribution is 8.14. The van der Waals surface area contributed by atoms with Crippen molar-refractivity contribution < 1.29 is 19.1 Å². The first kappa shape index (κ1) is 14.4. The Morgan fingerprint density at radius 1 is 1.60 bits per heavy atom. The zero-order valence-corrected chi connectivity index (χ0v) is 11.1. The van der Waals surface area contributed by atoms with Crippen LogP contribution in [0.2, 0.25) is 0 Å². The lowest BCUT2D eigenvalue weighted by Crippen LogP contribution is -2.38. The third-order valence-electron chi connectivity index (χ3n) is 2.53. The topological polar surface area (TPSA) is 78.4 Å². The lowest BCUT2D eigenvalue weighted by atomic mass is 10.2. The van der Waals surface area contributed by atoms with Crippen LogP contribution in [0.15, 0.2) is 18.2 Å². The van der Waals surface area contributed by atoms with E-state index in [2.05, 4.69) is 22.5 Å². The molecule has 7 heteroatoms. The van der Waals surface area contributed by atoms with Crippen LogP contribution in [0.4, 0.5) is 14.9 Å². The Morgan fingerprint density at radius 2 is 2.40 bits per heavy atom. The minimum Gasteiger partial charge on any atom is -0.384 e. The zero-order chi connectivity index (χ0) is 14.5. The fourth-order valence-electron chi connectivity index (χ4n) is 1.58. The van der Waals surface area contributed by atoms with Gasteiger partial charge in [0.05, 0.1) is 5.56 Å². The third-order valence-corrected chi connectivity index (χ3v) is 3.41. The Hall–Kier alpha value is -2.04. The molecule has 1 aliphatic rings. The van der Waals surface area contributed by atoms with E-state index in [-0.39, 0.29) is 23.1 Å². The van der Waals surface area contributed by atoms with E-state index in [0.717, 1.165) is 17.8 Å². The summed E-state index contributed by atoms with van der Waals surface area (Å²) in [6, 6.07) is 3.45. The molecule has 0 saturated carbocycles. The van der Waals surface area contributed by atoms with Crippen molar-refractivity contribution in [1.82, 2.24) is 5.32 Å². The first-order valence-electron chi connectivity index (χ1n) is 5.73. The number of rotatable bonds is 2. The molecule has 1 atom stereocenters. The molecule has 0 bridgehead atoms. The zero-order valence-electron chi connectivity index (χ0n) is 10.3. The van der Waals surface area contributed by atoms with Crippen molar-refractivity contribution in [3.8, 4) is 11.8 Å². The van der Waals surface area contributed by atoms with Crippen molar-refractivity contribution in [2.24, 2.45) is 0 Å². The summed E-state index contributed by atoms with van der Waals surface area (Å²) in [6.07, 6.45) is 0. The number of aliphatic hydroxyl groups excluding tert-OH is 1. The van der Waals surface area contributed by atoms with Crippen LogP contribution in [0.5, 0.6) is 0 Å². The number of benzene rings is 1. The molecule has 104 valence electrons. The van der Waals surface area contributed by atoms with Crippen LogP contribution in [-0.4, -0.2) is 34.7 Å². The highest BCUT2D eigenvalue weighted by atomic mass is 32.2. The molecule has 1 heterocycles. The number of aliphatic hydroxyl groups is 1. The van der Waals surface area contributed by atoms with E-state index in [4.69, 9.17) is 5.11 Å². The summed E-state index contributed by atoms with van der Waals surface area (Å²) < 4.78 is 13.7. The van der Waals surface area contributed by atoms with E-state index in [1.807, 2.05) is 0 Å². The number of anilines is 1. The number of nitrogens with one attached hydrogen (secondary N) is 2. The standard InChI is InChI=1S/C13H11FN2O3S/c14-10-6-9(4-3-8(10)2-1-5-17)15-12(18)11-7-20-13(19)16-11/h3-4,6,11,17H,5,7H2,(H,15,18)(H,16,19). The monoisotopic (exact) mass is 294 g/mol. The molecule has 2 rings (SSSR count). The second-order valence-corrected chi connectivity index (χ2v) is 4.93. The fourth-order valence-corrected chi connectivity index (χ4v) is 2.36. The molecule has 5 nitrogen and oxygen atoms in total. The number of hydrogen-bond acceptors (Lipinski definition) is 4. The molecule has 0 spiro atoms. The lowest BCUT2D eigenvalue weighted by Gasteiger charge is -2.10. The molecule has 1 aromatic rings. The maximum Gasteiger partial charge on any atom is 0.279 e. The molecule has 1 fully saturated rings. The molecule has 1 aromatic carbocycles. The Kier molecular flexibility index (Phi) is 4.61. The van der Waals surface area contributed by atoms with Crippen LogP contribution >= 0.6 is 11.8 Å². The molecule has 0 radical (unpaired) electrons. The van der Waals surface area contributed by atoms with Crippen LogP contribution in [0.3, 0.4) is 0 Å². The number of thioether (sulfide) groups is 1. The van der Waals surface area contributed by atoms with Gasteiger partial charge in [0, 0.05) is 11.4 Å². The van der Waals surface area contributed by atoms with Gasteiger partial charge in [0.25, 0.3) is 5.24 Å². The van der Waals surface area contributed by atoms with Crippen LogP contribution < -0.4 is 10.6 Å². The smallest absolute Gasteiger partial charge is 0.279 e. The number of halogens is 1. The SMILES string of the molecule is O=C1NC(C(=O)Nc2ccc(C#CCO)c(F)c2)CS1. The fraction of sp³-hybridized carbons (Fsp3) is 0.231. The van der Waals surface area contributed by atoms with Gasteiger partial charge in [-0.05, 0) is 18.2 Å². The molecular formula is C13H11FN2O3S. The predicted octanol–water partition coefficient (Wildman–Crippen LogP) is 0.933. The van der Waals surface area contributed by atoms with Gasteiger partial charge in [-0.15, -0.1) is 0 Å². The van der Waals surface area contributed by atoms with Gasteiger partial charge in [-0.1, -0.05) is 23.6 Å². The minimum absolute atomic E-state index is 0.141. The predicted molar refractivity (Wildman–Crippen MR) is 73.8 cm³/mol. The summed E-state index contributed by atoms with van der Waals surface area (Å²) >= 11 is 1.03. The van der Waals surface area contributed by atoms with E-state index in [0.29, 0.717) is 5.75 Å². The normalized spacial score (nSPS) is 17.1. The van der Waals surface area contributed by atoms with Gasteiger partial charge in [0.2, 0.25) is 5.91 Å². The van der Waals surface area contributed by atoms with Crippen molar-refractivity contribution >= 4 is 28.6 Å². The van der Waals surface area contributed by atoms with E-state index in [1.165, 1.54) is 12.1 Å². The van der Waals surface area contributed by atoms with Gasteiger partial charge >= 0.3 is 0 Å². The molecule has 1 unspecified atom stereocenters. The van der Waals surface area contributed by atoms with Gasteiger partial charge < -0.3 is 15.7 Å². The molecule has 20 heavy (non-hydrogen) atoms. The molecule has 2 amide bonds. The van der Waals surface area contributed by atoms with Gasteiger partial charge in [-0.2, -0.15) is 0 Å². The van der Waals surface area contributed by atoms with Crippen molar-refractivity contribution in [3.63, 3.8) is 0 Å². The van der Waals surface area contributed by atoms with E-state index in [1.54, 1.807) is 0 Å². The number of carbonyl (C=O) groups excluding carboxylic acids is 2. The Balaban J connectivity index is 2.05. The first-order valence-corrected chi connectivity index (χ1v) is 6.72. The Labute approximate surface area is 118 Å². The molecule has 0 aliphatic carbocycles. The average Bonchev–Trinajstić information content (AvgIpc) is 2.85. The maximum atomic E-state index is 13.7.